The van der Waals surface area contributed by atoms with E-state index in [1.807, 2.05) is 50.4 Å². The van der Waals surface area contributed by atoms with Crippen molar-refractivity contribution in [2.24, 2.45) is 4.99 Å². The molecule has 1 N–H and O–H groups in total. The molecule has 3 aromatic rings. The summed E-state index contributed by atoms with van der Waals surface area (Å²) < 4.78 is 0. The number of nitriles is 1. The lowest BCUT2D eigenvalue weighted by Crippen LogP contribution is -2.29. The van der Waals surface area contributed by atoms with Gasteiger partial charge in [0.2, 0.25) is 0 Å². The maximum Gasteiger partial charge on any atom is 0.269 e. The quantitative estimate of drug-likeness (QED) is 0.354. The maximum absolute atomic E-state index is 13.9. The van der Waals surface area contributed by atoms with Gasteiger partial charge in [0.25, 0.3) is 5.91 Å². The molecule has 3 aromatic carbocycles. The van der Waals surface area contributed by atoms with Gasteiger partial charge < -0.3 is 10.2 Å². The normalized spacial score (nSPS) is 17.9. The first-order chi connectivity index (χ1) is 18.0. The molecule has 5 rings (SSSR count). The number of aryl methyl sites for hydroxylation is 1. The van der Waals surface area contributed by atoms with E-state index in [1.54, 1.807) is 28.8 Å². The van der Waals surface area contributed by atoms with Gasteiger partial charge in [-0.25, -0.2) is 4.99 Å². The molecule has 0 unspecified atom stereocenters. The second-order valence-electron chi connectivity index (χ2n) is 8.89. The summed E-state index contributed by atoms with van der Waals surface area (Å²) >= 11 is 3.02. The lowest BCUT2D eigenvalue weighted by molar-refractivity contribution is -0.122. The van der Waals surface area contributed by atoms with Crippen molar-refractivity contribution in [3.63, 3.8) is 0 Å². The molecule has 186 valence electrons. The van der Waals surface area contributed by atoms with E-state index in [1.165, 1.54) is 11.8 Å². The number of aliphatic imine (C=N–C) groups is 1. The van der Waals surface area contributed by atoms with E-state index < -0.39 is 0 Å². The van der Waals surface area contributed by atoms with Crippen LogP contribution in [0.2, 0.25) is 0 Å². The summed E-state index contributed by atoms with van der Waals surface area (Å²) in [5, 5.41) is 14.3. The molecule has 1 saturated heterocycles. The van der Waals surface area contributed by atoms with Crippen molar-refractivity contribution < 1.29 is 4.79 Å². The van der Waals surface area contributed by atoms with E-state index in [-0.39, 0.29) is 5.91 Å². The van der Waals surface area contributed by atoms with Crippen molar-refractivity contribution in [2.75, 3.05) is 23.8 Å². The first kappa shape index (κ1) is 25.0. The van der Waals surface area contributed by atoms with Crippen LogP contribution in [-0.2, 0) is 11.3 Å². The SMILES string of the molecule is CCCNc1ccc2c(c1)S/C(=C1\SC(=Nc3cc(C#N)ccc3C)N(Cc3ccccc3)C1=O)N2C. The van der Waals surface area contributed by atoms with Gasteiger partial charge in [-0.2, -0.15) is 5.26 Å². The summed E-state index contributed by atoms with van der Waals surface area (Å²) in [6.07, 6.45) is 1.06. The Bertz CT molecular complexity index is 1460. The third-order valence-corrected chi connectivity index (χ3v) is 8.62. The Labute approximate surface area is 226 Å². The summed E-state index contributed by atoms with van der Waals surface area (Å²) in [5.41, 5.74) is 5.38. The second-order valence-corrected chi connectivity index (χ2v) is 10.9. The third kappa shape index (κ3) is 5.10. The molecule has 0 atom stereocenters. The minimum Gasteiger partial charge on any atom is -0.385 e. The average molecular weight is 526 g/mol. The standard InChI is InChI=1S/C29H27N5OS2/c1-4-14-31-22-12-13-24-25(16-22)36-28(33(24)3)26-27(35)34(18-20-8-6-5-7-9-20)29(37-26)32-23-15-21(17-30)11-10-19(23)2/h5-13,15-16,31H,4,14,18H2,1-3H3/b28-26-,32-29?. The van der Waals surface area contributed by atoms with Gasteiger partial charge in [0.1, 0.15) is 4.91 Å². The van der Waals surface area contributed by atoms with Crippen molar-refractivity contribution in [1.82, 2.24) is 4.90 Å². The van der Waals surface area contributed by atoms with Crippen LogP contribution in [0.25, 0.3) is 0 Å². The highest BCUT2D eigenvalue weighted by Gasteiger charge is 2.39. The lowest BCUT2D eigenvalue weighted by Gasteiger charge is -2.17. The number of hydrogen-bond donors (Lipinski definition) is 1. The van der Waals surface area contributed by atoms with Gasteiger partial charge in [0.05, 0.1) is 34.6 Å². The molecule has 6 nitrogen and oxygen atoms in total. The average Bonchev–Trinajstić information content (AvgIpc) is 3.40. The molecular formula is C29H27N5OS2. The maximum atomic E-state index is 13.9. The fourth-order valence-corrected chi connectivity index (χ4v) is 6.53. The number of carbonyl (C=O) groups excluding carboxylic acids is 1. The van der Waals surface area contributed by atoms with Crippen LogP contribution in [0.1, 0.15) is 30.0 Å². The van der Waals surface area contributed by atoms with Gasteiger partial charge in [-0.15, -0.1) is 0 Å². The number of hydrogen-bond acceptors (Lipinski definition) is 7. The number of rotatable bonds is 6. The van der Waals surface area contributed by atoms with Gasteiger partial charge in [-0.3, -0.25) is 9.69 Å². The predicted molar refractivity (Wildman–Crippen MR) is 154 cm³/mol. The first-order valence-electron chi connectivity index (χ1n) is 12.2. The summed E-state index contributed by atoms with van der Waals surface area (Å²) in [7, 11) is 2.01. The zero-order valence-electron chi connectivity index (χ0n) is 21.0. The Morgan fingerprint density at radius 3 is 2.62 bits per heavy atom. The van der Waals surface area contributed by atoms with Crippen LogP contribution < -0.4 is 10.2 Å². The van der Waals surface area contributed by atoms with Crippen LogP contribution in [0.5, 0.6) is 0 Å². The van der Waals surface area contributed by atoms with Gasteiger partial charge in [0.15, 0.2) is 5.17 Å². The number of benzene rings is 3. The molecule has 8 heteroatoms. The van der Waals surface area contributed by atoms with Crippen LogP contribution in [0.3, 0.4) is 0 Å². The van der Waals surface area contributed by atoms with Crippen LogP contribution in [0.4, 0.5) is 17.1 Å². The molecular weight excluding hydrogens is 498 g/mol. The van der Waals surface area contributed by atoms with Crippen LogP contribution in [0, 0.1) is 18.3 Å². The fraction of sp³-hybridized carbons (Fsp3) is 0.207. The molecule has 1 fully saturated rings. The van der Waals surface area contributed by atoms with Gasteiger partial charge in [-0.1, -0.05) is 55.1 Å². The summed E-state index contributed by atoms with van der Waals surface area (Å²) in [4.78, 5) is 24.4. The Hall–Kier alpha value is -3.67. The van der Waals surface area contributed by atoms with Crippen molar-refractivity contribution in [3.8, 4) is 6.07 Å². The number of amides is 1. The number of fused-ring (bicyclic) bond motifs is 1. The molecule has 1 amide bonds. The number of anilines is 2. The zero-order chi connectivity index (χ0) is 25.9. The minimum atomic E-state index is -0.0619. The highest BCUT2D eigenvalue weighted by Crippen LogP contribution is 2.51. The number of amidine groups is 1. The van der Waals surface area contributed by atoms with Crippen molar-refractivity contribution in [1.29, 1.82) is 5.26 Å². The Morgan fingerprint density at radius 2 is 1.86 bits per heavy atom. The second kappa shape index (κ2) is 10.8. The van der Waals surface area contributed by atoms with Crippen molar-refractivity contribution >= 4 is 51.7 Å². The highest BCUT2D eigenvalue weighted by atomic mass is 32.2. The van der Waals surface area contributed by atoms with E-state index in [2.05, 4.69) is 41.4 Å². The van der Waals surface area contributed by atoms with Gasteiger partial charge in [0, 0.05) is 24.2 Å². The molecule has 37 heavy (non-hydrogen) atoms. The predicted octanol–water partition coefficient (Wildman–Crippen LogP) is 6.86. The Morgan fingerprint density at radius 1 is 1.05 bits per heavy atom. The molecule has 2 aliphatic rings. The van der Waals surface area contributed by atoms with E-state index in [0.29, 0.717) is 27.9 Å². The molecule has 0 aromatic heterocycles. The molecule has 0 radical (unpaired) electrons. The monoisotopic (exact) mass is 525 g/mol. The number of nitrogens with zero attached hydrogens (tertiary/aromatic N) is 4. The Balaban J connectivity index is 1.54. The fourth-order valence-electron chi connectivity index (χ4n) is 4.16. The van der Waals surface area contributed by atoms with Crippen LogP contribution >= 0.6 is 23.5 Å². The number of thioether (sulfide) groups is 2. The zero-order valence-corrected chi connectivity index (χ0v) is 22.6. The lowest BCUT2D eigenvalue weighted by atomic mass is 10.1. The van der Waals surface area contributed by atoms with E-state index in [4.69, 9.17) is 4.99 Å². The van der Waals surface area contributed by atoms with Crippen LogP contribution in [0.15, 0.2) is 86.6 Å². The number of nitrogens with one attached hydrogen (secondary N) is 1. The number of carbonyl (C=O) groups is 1. The van der Waals surface area contributed by atoms with Crippen molar-refractivity contribution in [2.45, 2.75) is 31.7 Å². The molecule has 0 spiro atoms. The van der Waals surface area contributed by atoms with Crippen molar-refractivity contribution in [3.05, 3.63) is 93.4 Å². The summed E-state index contributed by atoms with van der Waals surface area (Å²) in [6.45, 7) is 5.45. The molecule has 0 aliphatic carbocycles. The smallest absolute Gasteiger partial charge is 0.269 e. The van der Waals surface area contributed by atoms with Gasteiger partial charge in [-0.05, 0) is 66.6 Å². The third-order valence-electron chi connectivity index (χ3n) is 6.21. The molecule has 2 heterocycles. The van der Waals surface area contributed by atoms with E-state index >= 15 is 0 Å². The minimum absolute atomic E-state index is 0.0619. The molecule has 0 bridgehead atoms. The van der Waals surface area contributed by atoms with E-state index in [0.717, 1.165) is 45.4 Å². The Kier molecular flexibility index (Phi) is 7.26. The highest BCUT2D eigenvalue weighted by molar-refractivity contribution is 8.19. The van der Waals surface area contributed by atoms with E-state index in [9.17, 15) is 10.1 Å². The molecule has 0 saturated carbocycles. The summed E-state index contributed by atoms with van der Waals surface area (Å²) in [5.74, 6) is -0.0619. The van der Waals surface area contributed by atoms with Gasteiger partial charge >= 0.3 is 0 Å². The topological polar surface area (TPSA) is 71.7 Å². The first-order valence-corrected chi connectivity index (χ1v) is 13.8. The van der Waals surface area contributed by atoms with Crippen LogP contribution in [-0.4, -0.2) is 29.6 Å². The summed E-state index contributed by atoms with van der Waals surface area (Å²) in [6, 6.07) is 23.9. The largest absolute Gasteiger partial charge is 0.385 e. The molecule has 2 aliphatic heterocycles.